The zero-order chi connectivity index (χ0) is 29.7. The van der Waals surface area contributed by atoms with E-state index in [1.165, 1.54) is 7.11 Å². The normalized spacial score (nSPS) is 21.7. The Kier molecular flexibility index (Phi) is 5.37. The number of carbonyl (C=O) groups excluding carboxylic acids is 2. The summed E-state index contributed by atoms with van der Waals surface area (Å²) in [4.78, 5) is 26.1. The van der Waals surface area contributed by atoms with Crippen molar-refractivity contribution in [2.75, 3.05) is 7.11 Å². The van der Waals surface area contributed by atoms with E-state index in [9.17, 15) is 24.9 Å². The zero-order valence-corrected chi connectivity index (χ0v) is 23.3. The van der Waals surface area contributed by atoms with Crippen molar-refractivity contribution in [1.29, 1.82) is 0 Å². The van der Waals surface area contributed by atoms with Crippen molar-refractivity contribution in [3.8, 4) is 17.2 Å². The summed E-state index contributed by atoms with van der Waals surface area (Å²) in [6.45, 7) is 4.97. The predicted octanol–water partition coefficient (Wildman–Crippen LogP) is 6.03. The van der Waals surface area contributed by atoms with Crippen LogP contribution in [-0.4, -0.2) is 46.1 Å². The molecule has 0 spiro atoms. The summed E-state index contributed by atoms with van der Waals surface area (Å²) in [5, 5.41) is 35.8. The van der Waals surface area contributed by atoms with Crippen LogP contribution in [0.5, 0.6) is 17.2 Å². The van der Waals surface area contributed by atoms with Gasteiger partial charge < -0.3 is 33.9 Å². The van der Waals surface area contributed by atoms with Gasteiger partial charge in [-0.2, -0.15) is 0 Å². The maximum absolute atomic E-state index is 13.2. The molecule has 0 fully saturated rings. The second-order valence-corrected chi connectivity index (χ2v) is 11.7. The highest BCUT2D eigenvalue weighted by atomic mass is 16.6. The number of hydrogen-bond acceptors (Lipinski definition) is 9. The lowest BCUT2D eigenvalue weighted by Crippen LogP contribution is -2.51. The van der Waals surface area contributed by atoms with Gasteiger partial charge in [-0.3, -0.25) is 0 Å². The molecule has 0 saturated heterocycles. The number of phenolic OH excluding ortho intramolecular Hbond substituents is 2. The smallest absolute Gasteiger partial charge is 0.342 e. The van der Waals surface area contributed by atoms with Gasteiger partial charge in [0.05, 0.1) is 12.7 Å². The van der Waals surface area contributed by atoms with Crippen LogP contribution in [0.15, 0.2) is 59.0 Å². The van der Waals surface area contributed by atoms with Gasteiger partial charge in [-0.05, 0) is 26.8 Å². The first-order chi connectivity index (χ1) is 19.9. The van der Waals surface area contributed by atoms with Gasteiger partial charge in [-0.15, -0.1) is 0 Å². The lowest BCUT2D eigenvalue weighted by molar-refractivity contribution is -0.0979. The quantitative estimate of drug-likeness (QED) is 0.223. The Labute approximate surface area is 239 Å². The highest BCUT2D eigenvalue weighted by Gasteiger charge is 2.54. The first-order valence-electron chi connectivity index (χ1n) is 13.6. The van der Waals surface area contributed by atoms with E-state index in [0.717, 1.165) is 0 Å². The molecule has 3 heterocycles. The average molecular weight is 569 g/mol. The molecule has 3 atom stereocenters. The zero-order valence-electron chi connectivity index (χ0n) is 23.3. The van der Waals surface area contributed by atoms with E-state index in [-0.39, 0.29) is 29.0 Å². The van der Waals surface area contributed by atoms with Gasteiger partial charge in [0, 0.05) is 44.8 Å². The number of furan rings is 1. The molecule has 0 amide bonds. The number of esters is 2. The first kappa shape index (κ1) is 26.2. The fourth-order valence-corrected chi connectivity index (χ4v) is 6.67. The van der Waals surface area contributed by atoms with Crippen LogP contribution in [0.3, 0.4) is 0 Å². The molecule has 0 saturated carbocycles. The summed E-state index contributed by atoms with van der Waals surface area (Å²) < 4.78 is 24.0. The maximum atomic E-state index is 13.2. The number of aliphatic hydroxyl groups is 1. The van der Waals surface area contributed by atoms with Crippen LogP contribution in [-0.2, 0) is 15.1 Å². The van der Waals surface area contributed by atoms with E-state index in [1.807, 2.05) is 13.0 Å². The molecule has 0 unspecified atom stereocenters. The minimum absolute atomic E-state index is 0.0183. The van der Waals surface area contributed by atoms with Crippen molar-refractivity contribution >= 4 is 44.5 Å². The third-order valence-electron chi connectivity index (χ3n) is 8.56. The van der Waals surface area contributed by atoms with Crippen molar-refractivity contribution in [2.24, 2.45) is 0 Å². The van der Waals surface area contributed by atoms with Gasteiger partial charge >= 0.3 is 11.9 Å². The molecule has 7 rings (SSSR count). The molecule has 214 valence electrons. The molecule has 2 aliphatic rings. The molecule has 1 aromatic heterocycles. The summed E-state index contributed by atoms with van der Waals surface area (Å²) in [5.74, 6) is -1.72. The van der Waals surface area contributed by atoms with E-state index in [2.05, 4.69) is 0 Å². The third kappa shape index (κ3) is 3.46. The van der Waals surface area contributed by atoms with Crippen LogP contribution in [0.4, 0.5) is 0 Å². The number of fused-ring (bicyclic) bond motifs is 5. The van der Waals surface area contributed by atoms with Gasteiger partial charge in [0.1, 0.15) is 45.8 Å². The molecule has 3 N–H and O–H groups in total. The van der Waals surface area contributed by atoms with Crippen molar-refractivity contribution in [3.63, 3.8) is 0 Å². The molecular formula is C33H28O9. The molecule has 4 aromatic carbocycles. The monoisotopic (exact) mass is 568 g/mol. The Bertz CT molecular complexity index is 1980. The largest absolute Gasteiger partial charge is 0.506 e. The van der Waals surface area contributed by atoms with Crippen LogP contribution in [0.2, 0.25) is 0 Å². The third-order valence-corrected chi connectivity index (χ3v) is 8.56. The van der Waals surface area contributed by atoms with Crippen LogP contribution in [0, 0.1) is 0 Å². The molecule has 9 heteroatoms. The Morgan fingerprint density at radius 1 is 0.976 bits per heavy atom. The molecular weight excluding hydrogens is 540 g/mol. The van der Waals surface area contributed by atoms with E-state index in [4.69, 9.17) is 18.6 Å². The van der Waals surface area contributed by atoms with Gasteiger partial charge in [0.15, 0.2) is 5.60 Å². The second-order valence-electron chi connectivity index (χ2n) is 11.7. The van der Waals surface area contributed by atoms with Crippen LogP contribution in [0.1, 0.15) is 65.1 Å². The Morgan fingerprint density at radius 2 is 1.60 bits per heavy atom. The fraction of sp³-hybridized carbons (Fsp3) is 0.273. The summed E-state index contributed by atoms with van der Waals surface area (Å²) in [6.07, 6.45) is -0.760. The fourth-order valence-electron chi connectivity index (χ4n) is 6.67. The minimum atomic E-state index is -1.43. The molecule has 0 bridgehead atoms. The van der Waals surface area contributed by atoms with Crippen LogP contribution >= 0.6 is 0 Å². The SMILES string of the molecule is COC(=O)c1c(O)c2ccccc2c2oc([C@]3(C)C[C@@H]4c5c(c(O)c6ccccc6c5O3)C(=O)O[C@H]4C(C)(C)O)cc12. The number of benzene rings is 4. The molecule has 9 nitrogen and oxygen atoms in total. The molecule has 0 aliphatic carbocycles. The lowest BCUT2D eigenvalue weighted by atomic mass is 9.71. The number of cyclic esters (lactones) is 1. The predicted molar refractivity (Wildman–Crippen MR) is 153 cm³/mol. The Hall–Kier alpha value is -4.76. The highest BCUT2D eigenvalue weighted by molar-refractivity contribution is 6.18. The van der Waals surface area contributed by atoms with Crippen LogP contribution in [0.25, 0.3) is 32.5 Å². The van der Waals surface area contributed by atoms with Gasteiger partial charge in [-0.1, -0.05) is 48.5 Å². The molecule has 42 heavy (non-hydrogen) atoms. The summed E-state index contributed by atoms with van der Waals surface area (Å²) in [7, 11) is 1.24. The molecule has 2 aliphatic heterocycles. The minimum Gasteiger partial charge on any atom is -0.506 e. The van der Waals surface area contributed by atoms with Gasteiger partial charge in [0.25, 0.3) is 0 Å². The number of aromatic hydroxyl groups is 2. The summed E-state index contributed by atoms with van der Waals surface area (Å²) in [5.41, 5.74) is -1.78. The number of methoxy groups -OCH3 is 1. The molecule has 0 radical (unpaired) electrons. The summed E-state index contributed by atoms with van der Waals surface area (Å²) >= 11 is 0. The van der Waals surface area contributed by atoms with E-state index in [1.54, 1.807) is 62.4 Å². The lowest BCUT2D eigenvalue weighted by Gasteiger charge is -2.47. The number of rotatable bonds is 3. The second kappa shape index (κ2) is 8.62. The van der Waals surface area contributed by atoms with E-state index in [0.29, 0.717) is 49.6 Å². The maximum Gasteiger partial charge on any atom is 0.342 e. The average Bonchev–Trinajstić information content (AvgIpc) is 3.42. The topological polar surface area (TPSA) is 136 Å². The van der Waals surface area contributed by atoms with E-state index < -0.39 is 35.2 Å². The number of ether oxygens (including phenoxy) is 3. The van der Waals surface area contributed by atoms with Gasteiger partial charge in [0.2, 0.25) is 0 Å². The van der Waals surface area contributed by atoms with Crippen molar-refractivity contribution < 1.29 is 43.5 Å². The first-order valence-corrected chi connectivity index (χ1v) is 13.6. The molecule has 5 aromatic rings. The number of hydrogen-bond donors (Lipinski definition) is 3. The highest BCUT2D eigenvalue weighted by Crippen LogP contribution is 2.57. The van der Waals surface area contributed by atoms with Crippen molar-refractivity contribution in [2.45, 2.75) is 50.4 Å². The standard InChI is InChI=1S/C33H28O9/c1-32(2,38)29-20-14-33(3,42-28-18-12-8-6-10-16(18)26(35)24(22(20)28)31(37)41-29)21-13-19-23(30(36)39-4)25(34)15-9-5-7-11-17(15)27(19)40-21/h5-13,20,29,34-35,38H,14H2,1-4H3/t20-,29-,33+/m1/s1. The number of phenols is 2. The van der Waals surface area contributed by atoms with Crippen molar-refractivity contribution in [1.82, 2.24) is 0 Å². The summed E-state index contributed by atoms with van der Waals surface area (Å²) in [6, 6.07) is 15.8. The van der Waals surface area contributed by atoms with Crippen molar-refractivity contribution in [3.05, 3.63) is 77.0 Å². The Balaban J connectivity index is 1.52. The van der Waals surface area contributed by atoms with Crippen LogP contribution < -0.4 is 4.74 Å². The Morgan fingerprint density at radius 3 is 2.24 bits per heavy atom. The van der Waals surface area contributed by atoms with Gasteiger partial charge in [-0.25, -0.2) is 9.59 Å². The number of carbonyl (C=O) groups is 2. The van der Waals surface area contributed by atoms with E-state index >= 15 is 0 Å².